The third-order valence-corrected chi connectivity index (χ3v) is 6.50. The van der Waals surface area contributed by atoms with Gasteiger partial charge in [0.05, 0.1) is 25.1 Å². The molecule has 1 aliphatic rings. The summed E-state index contributed by atoms with van der Waals surface area (Å²) in [6, 6.07) is 16.8. The van der Waals surface area contributed by atoms with Gasteiger partial charge in [0.15, 0.2) is 17.3 Å². The molecule has 0 radical (unpaired) electrons. The number of aromatic nitrogens is 4. The summed E-state index contributed by atoms with van der Waals surface area (Å²) >= 11 is 0. The fraction of sp³-hybridized carbons (Fsp3) is 0.269. The van der Waals surface area contributed by atoms with E-state index in [1.54, 1.807) is 31.6 Å². The highest BCUT2D eigenvalue weighted by Gasteiger charge is 2.28. The summed E-state index contributed by atoms with van der Waals surface area (Å²) in [7, 11) is 1.60. The number of nitrogens with zero attached hydrogens (tertiary/aromatic N) is 5. The van der Waals surface area contributed by atoms with Gasteiger partial charge < -0.3 is 20.4 Å². The Morgan fingerprint density at radius 3 is 2.71 bits per heavy atom. The summed E-state index contributed by atoms with van der Waals surface area (Å²) in [6.45, 7) is 0. The number of imidazole rings is 1. The Balaban J connectivity index is 1.33. The number of ether oxygens (including phenoxy) is 1. The fourth-order valence-corrected chi connectivity index (χ4v) is 4.62. The van der Waals surface area contributed by atoms with Crippen molar-refractivity contribution in [1.29, 1.82) is 5.26 Å². The number of benzene rings is 2. The molecule has 0 unspecified atom stereocenters. The van der Waals surface area contributed by atoms with Crippen LogP contribution in [0.1, 0.15) is 37.3 Å². The van der Waals surface area contributed by atoms with Crippen molar-refractivity contribution in [3.05, 3.63) is 60.4 Å². The van der Waals surface area contributed by atoms with Gasteiger partial charge in [-0.1, -0.05) is 18.2 Å². The number of hydrogen-bond acceptors (Lipinski definition) is 7. The summed E-state index contributed by atoms with van der Waals surface area (Å²) in [5.74, 6) is 1.44. The van der Waals surface area contributed by atoms with Crippen LogP contribution in [-0.2, 0) is 4.79 Å². The molecular weight excluding hydrogens is 442 g/mol. The molecule has 0 atom stereocenters. The van der Waals surface area contributed by atoms with Crippen LogP contribution in [0.25, 0.3) is 22.6 Å². The summed E-state index contributed by atoms with van der Waals surface area (Å²) < 4.78 is 7.28. The van der Waals surface area contributed by atoms with Crippen LogP contribution in [-0.4, -0.2) is 32.5 Å². The van der Waals surface area contributed by atoms with Gasteiger partial charge in [0, 0.05) is 29.3 Å². The maximum atomic E-state index is 12.8. The van der Waals surface area contributed by atoms with Crippen LogP contribution >= 0.6 is 0 Å². The van der Waals surface area contributed by atoms with Crippen LogP contribution in [0, 0.1) is 17.2 Å². The fourth-order valence-electron chi connectivity index (χ4n) is 4.62. The van der Waals surface area contributed by atoms with Crippen molar-refractivity contribution in [2.24, 2.45) is 5.92 Å². The van der Waals surface area contributed by atoms with E-state index < -0.39 is 0 Å². The molecule has 1 saturated carbocycles. The average molecular weight is 468 g/mol. The lowest BCUT2D eigenvalue weighted by molar-refractivity contribution is -0.120. The Labute approximate surface area is 202 Å². The van der Waals surface area contributed by atoms with Crippen LogP contribution in [0.5, 0.6) is 5.75 Å². The molecule has 3 N–H and O–H groups in total. The van der Waals surface area contributed by atoms with Gasteiger partial charge >= 0.3 is 0 Å². The summed E-state index contributed by atoms with van der Waals surface area (Å²) in [5, 5.41) is 12.2. The van der Waals surface area contributed by atoms with E-state index in [1.807, 2.05) is 34.9 Å². The first-order chi connectivity index (χ1) is 17.1. The highest BCUT2D eigenvalue weighted by molar-refractivity contribution is 5.92. The van der Waals surface area contributed by atoms with E-state index >= 15 is 0 Å². The third kappa shape index (κ3) is 4.51. The second kappa shape index (κ2) is 9.43. The number of nitrogen functional groups attached to an aromatic ring is 1. The van der Waals surface area contributed by atoms with Gasteiger partial charge in [0.2, 0.25) is 5.91 Å². The topological polar surface area (TPSA) is 132 Å². The maximum absolute atomic E-state index is 12.8. The molecule has 1 aliphatic carbocycles. The molecule has 2 heterocycles. The Kier molecular flexibility index (Phi) is 6.02. The molecular formula is C26H25N7O2. The Bertz CT molecular complexity index is 1430. The van der Waals surface area contributed by atoms with Crippen molar-refractivity contribution in [1.82, 2.24) is 19.5 Å². The zero-order valence-electron chi connectivity index (χ0n) is 19.3. The van der Waals surface area contributed by atoms with Crippen molar-refractivity contribution in [2.45, 2.75) is 31.7 Å². The molecule has 0 saturated heterocycles. The van der Waals surface area contributed by atoms with Crippen molar-refractivity contribution < 1.29 is 9.53 Å². The van der Waals surface area contributed by atoms with Crippen molar-refractivity contribution in [3.63, 3.8) is 0 Å². The zero-order valence-corrected chi connectivity index (χ0v) is 19.3. The number of fused-ring (bicyclic) bond motifs is 1. The number of methoxy groups -OCH3 is 1. The first-order valence-electron chi connectivity index (χ1n) is 11.5. The highest BCUT2D eigenvalue weighted by Crippen LogP contribution is 2.35. The van der Waals surface area contributed by atoms with E-state index in [2.05, 4.69) is 21.4 Å². The van der Waals surface area contributed by atoms with E-state index in [-0.39, 0.29) is 17.9 Å². The van der Waals surface area contributed by atoms with Gasteiger partial charge in [-0.25, -0.2) is 15.0 Å². The largest absolute Gasteiger partial charge is 0.497 e. The first-order valence-corrected chi connectivity index (χ1v) is 11.5. The predicted molar refractivity (Wildman–Crippen MR) is 133 cm³/mol. The Morgan fingerprint density at radius 2 is 1.94 bits per heavy atom. The number of nitriles is 1. The van der Waals surface area contributed by atoms with E-state index in [9.17, 15) is 10.1 Å². The molecule has 5 rings (SSSR count). The van der Waals surface area contributed by atoms with Crippen LogP contribution in [0.2, 0.25) is 0 Å². The number of carbonyl (C=O) groups excluding carboxylic acids is 1. The van der Waals surface area contributed by atoms with Crippen LogP contribution in [0.3, 0.4) is 0 Å². The molecule has 9 nitrogen and oxygen atoms in total. The van der Waals surface area contributed by atoms with Crippen LogP contribution in [0.4, 0.5) is 11.5 Å². The quantitative estimate of drug-likeness (QED) is 0.446. The minimum absolute atomic E-state index is 0.0263. The zero-order chi connectivity index (χ0) is 24.4. The number of amides is 1. The lowest BCUT2D eigenvalue weighted by Crippen LogP contribution is -2.28. The van der Waals surface area contributed by atoms with Gasteiger partial charge in [-0.15, -0.1) is 0 Å². The number of nitrogens with one attached hydrogen (secondary N) is 1. The number of anilines is 2. The smallest absolute Gasteiger partial charge is 0.227 e. The van der Waals surface area contributed by atoms with Crippen molar-refractivity contribution in [2.75, 3.05) is 18.2 Å². The SMILES string of the molecule is COc1cccc(NC(=O)[C@H]2CC[C@@H](n3cnc4c(N)nc(-c5cccc(C#N)c5)nc43)CC2)c1. The second-order valence-corrected chi connectivity index (χ2v) is 8.68. The molecule has 35 heavy (non-hydrogen) atoms. The molecule has 1 fully saturated rings. The Hall–Kier alpha value is -4.45. The molecule has 0 aliphatic heterocycles. The van der Waals surface area contributed by atoms with Gasteiger partial charge in [-0.3, -0.25) is 4.79 Å². The van der Waals surface area contributed by atoms with E-state index in [0.29, 0.717) is 34.1 Å². The molecule has 0 bridgehead atoms. The van der Waals surface area contributed by atoms with Crippen LogP contribution in [0.15, 0.2) is 54.9 Å². The van der Waals surface area contributed by atoms with Gasteiger partial charge in [0.1, 0.15) is 11.3 Å². The maximum Gasteiger partial charge on any atom is 0.227 e. The number of rotatable bonds is 5. The number of nitrogens with two attached hydrogens (primary N) is 1. The lowest BCUT2D eigenvalue weighted by atomic mass is 9.85. The van der Waals surface area contributed by atoms with Gasteiger partial charge in [-0.2, -0.15) is 5.26 Å². The van der Waals surface area contributed by atoms with Gasteiger partial charge in [-0.05, 0) is 49.9 Å². The number of carbonyl (C=O) groups is 1. The van der Waals surface area contributed by atoms with Gasteiger partial charge in [0.25, 0.3) is 0 Å². The van der Waals surface area contributed by atoms with E-state index in [1.165, 1.54) is 0 Å². The minimum atomic E-state index is -0.0591. The molecule has 176 valence electrons. The van der Waals surface area contributed by atoms with Crippen molar-refractivity contribution >= 4 is 28.6 Å². The molecule has 2 aromatic carbocycles. The first kappa shape index (κ1) is 22.3. The minimum Gasteiger partial charge on any atom is -0.497 e. The molecule has 0 spiro atoms. The lowest BCUT2D eigenvalue weighted by Gasteiger charge is -2.28. The summed E-state index contributed by atoms with van der Waals surface area (Å²) in [4.78, 5) is 26.5. The van der Waals surface area contributed by atoms with E-state index in [0.717, 1.165) is 36.9 Å². The Morgan fingerprint density at radius 1 is 1.14 bits per heavy atom. The highest BCUT2D eigenvalue weighted by atomic mass is 16.5. The summed E-state index contributed by atoms with van der Waals surface area (Å²) in [5.41, 5.74) is 9.42. The summed E-state index contributed by atoms with van der Waals surface area (Å²) in [6.07, 6.45) is 4.93. The standard InChI is InChI=1S/C26H25N7O2/c1-35-21-7-3-6-19(13-21)30-26(34)17-8-10-20(11-9-17)33-15-29-22-23(28)31-24(32-25(22)33)18-5-2-4-16(12-18)14-27/h2-7,12-13,15,17,20H,8-11H2,1H3,(H,30,34)(H2,28,31,32)/t17-,20+. The monoisotopic (exact) mass is 467 g/mol. The van der Waals surface area contributed by atoms with Crippen LogP contribution < -0.4 is 15.8 Å². The molecule has 1 amide bonds. The van der Waals surface area contributed by atoms with Crippen molar-refractivity contribution in [3.8, 4) is 23.2 Å². The molecule has 9 heteroatoms. The molecule has 2 aromatic heterocycles. The normalized spacial score (nSPS) is 17.6. The average Bonchev–Trinajstić information content (AvgIpc) is 3.33. The molecule has 4 aromatic rings. The third-order valence-electron chi connectivity index (χ3n) is 6.50. The number of hydrogen-bond donors (Lipinski definition) is 2. The predicted octanol–water partition coefficient (Wildman–Crippen LogP) is 4.33. The van der Waals surface area contributed by atoms with E-state index in [4.69, 9.17) is 15.5 Å². The second-order valence-electron chi connectivity index (χ2n) is 8.68.